The van der Waals surface area contributed by atoms with Crippen LogP contribution < -0.4 is 5.32 Å². The van der Waals surface area contributed by atoms with Crippen LogP contribution in [-0.4, -0.2) is 11.9 Å². The number of hydrogen-bond acceptors (Lipinski definition) is 1. The maximum Gasteiger partial charge on any atom is 0.244 e. The number of rotatable bonds is 6. The number of nitrogens with one attached hydrogen (secondary N) is 1. The van der Waals surface area contributed by atoms with E-state index < -0.39 is 0 Å². The van der Waals surface area contributed by atoms with Gasteiger partial charge >= 0.3 is 0 Å². The minimum absolute atomic E-state index is 0.0221. The van der Waals surface area contributed by atoms with Crippen LogP contribution in [0, 0.1) is 11.8 Å². The Morgan fingerprint density at radius 1 is 1.23 bits per heavy atom. The minimum Gasteiger partial charge on any atom is -0.350 e. The Balaban J connectivity index is 1.76. The average Bonchev–Trinajstić information content (AvgIpc) is 3.24. The van der Waals surface area contributed by atoms with Crippen molar-refractivity contribution in [1.29, 1.82) is 0 Å². The van der Waals surface area contributed by atoms with Crippen molar-refractivity contribution in [2.45, 2.75) is 39.2 Å². The molecular formula is C19H24BrNO. The first-order valence-corrected chi connectivity index (χ1v) is 8.67. The Bertz CT molecular complexity index is 559. The SMILES string of the molecule is CC(C)C(C)NC(=O)C=CC=C[C@@H]1C[C@H]1c1ccc(Br)cc1. The summed E-state index contributed by atoms with van der Waals surface area (Å²) in [6, 6.07) is 8.74. The van der Waals surface area contributed by atoms with Gasteiger partial charge in [-0.05, 0) is 48.8 Å². The van der Waals surface area contributed by atoms with Crippen molar-refractivity contribution in [3.8, 4) is 0 Å². The van der Waals surface area contributed by atoms with Crippen molar-refractivity contribution in [1.82, 2.24) is 5.32 Å². The van der Waals surface area contributed by atoms with Gasteiger partial charge in [-0.15, -0.1) is 0 Å². The van der Waals surface area contributed by atoms with Gasteiger partial charge in [0.1, 0.15) is 0 Å². The van der Waals surface area contributed by atoms with Crippen LogP contribution in [-0.2, 0) is 4.79 Å². The highest BCUT2D eigenvalue weighted by Gasteiger charge is 2.35. The van der Waals surface area contributed by atoms with Crippen molar-refractivity contribution in [2.75, 3.05) is 0 Å². The summed E-state index contributed by atoms with van der Waals surface area (Å²) in [5, 5.41) is 2.96. The number of allylic oxidation sites excluding steroid dienone is 3. The van der Waals surface area contributed by atoms with E-state index in [4.69, 9.17) is 0 Å². The zero-order valence-electron chi connectivity index (χ0n) is 13.4. The zero-order chi connectivity index (χ0) is 16.1. The molecule has 118 valence electrons. The predicted octanol–water partition coefficient (Wildman–Crippen LogP) is 4.83. The van der Waals surface area contributed by atoms with Crippen molar-refractivity contribution in [3.05, 3.63) is 58.6 Å². The monoisotopic (exact) mass is 361 g/mol. The molecular weight excluding hydrogens is 338 g/mol. The lowest BCUT2D eigenvalue weighted by atomic mass is 10.1. The standard InChI is InChI=1S/C19H24BrNO/c1-13(2)14(3)21-19(22)7-5-4-6-16-12-18(16)15-8-10-17(20)11-9-15/h4-11,13-14,16,18H,12H2,1-3H3,(H,21,22)/t14?,16-,18+/m1/s1. The molecule has 0 aliphatic heterocycles. The lowest BCUT2D eigenvalue weighted by Gasteiger charge is -2.15. The van der Waals surface area contributed by atoms with Gasteiger partial charge < -0.3 is 5.32 Å². The lowest BCUT2D eigenvalue weighted by molar-refractivity contribution is -0.117. The normalized spacial score (nSPS) is 22.4. The van der Waals surface area contributed by atoms with Gasteiger partial charge in [0.2, 0.25) is 5.91 Å². The Morgan fingerprint density at radius 3 is 2.55 bits per heavy atom. The van der Waals surface area contributed by atoms with Crippen LogP contribution in [0.25, 0.3) is 0 Å². The molecule has 1 aliphatic carbocycles. The second-order valence-electron chi connectivity index (χ2n) is 6.34. The van der Waals surface area contributed by atoms with Gasteiger partial charge in [0.25, 0.3) is 0 Å². The second kappa shape index (κ2) is 7.77. The van der Waals surface area contributed by atoms with Gasteiger partial charge in [-0.1, -0.05) is 60.1 Å². The van der Waals surface area contributed by atoms with Crippen LogP contribution >= 0.6 is 15.9 Å². The third kappa shape index (κ3) is 5.13. The summed E-state index contributed by atoms with van der Waals surface area (Å²) < 4.78 is 1.12. The van der Waals surface area contributed by atoms with E-state index in [1.807, 2.05) is 19.1 Å². The molecule has 1 saturated carbocycles. The number of carbonyl (C=O) groups is 1. The van der Waals surface area contributed by atoms with Crippen LogP contribution in [0.4, 0.5) is 0 Å². The molecule has 1 N–H and O–H groups in total. The summed E-state index contributed by atoms with van der Waals surface area (Å²) in [7, 11) is 0. The minimum atomic E-state index is -0.0221. The highest BCUT2D eigenvalue weighted by molar-refractivity contribution is 9.10. The summed E-state index contributed by atoms with van der Waals surface area (Å²) in [6.45, 7) is 6.23. The van der Waals surface area contributed by atoms with Gasteiger partial charge in [-0.2, -0.15) is 0 Å². The van der Waals surface area contributed by atoms with Crippen molar-refractivity contribution in [3.63, 3.8) is 0 Å². The summed E-state index contributed by atoms with van der Waals surface area (Å²) >= 11 is 3.46. The van der Waals surface area contributed by atoms with E-state index in [2.05, 4.69) is 65.4 Å². The summed E-state index contributed by atoms with van der Waals surface area (Å²) in [5.41, 5.74) is 1.39. The highest BCUT2D eigenvalue weighted by Crippen LogP contribution is 2.48. The molecule has 1 aliphatic rings. The van der Waals surface area contributed by atoms with Crippen molar-refractivity contribution < 1.29 is 4.79 Å². The van der Waals surface area contributed by atoms with Gasteiger partial charge in [0.05, 0.1) is 0 Å². The third-order valence-electron chi connectivity index (χ3n) is 4.22. The summed E-state index contributed by atoms with van der Waals surface area (Å²) in [6.07, 6.45) is 8.82. The first kappa shape index (κ1) is 17.0. The smallest absolute Gasteiger partial charge is 0.244 e. The number of hydrogen-bond donors (Lipinski definition) is 1. The van der Waals surface area contributed by atoms with E-state index in [0.29, 0.717) is 17.8 Å². The van der Waals surface area contributed by atoms with Crippen molar-refractivity contribution >= 4 is 21.8 Å². The number of halogens is 1. The molecule has 1 fully saturated rings. The lowest BCUT2D eigenvalue weighted by Crippen LogP contribution is -2.34. The van der Waals surface area contributed by atoms with Gasteiger partial charge in [0.15, 0.2) is 0 Å². The van der Waals surface area contributed by atoms with E-state index in [-0.39, 0.29) is 11.9 Å². The first-order valence-electron chi connectivity index (χ1n) is 7.88. The van der Waals surface area contributed by atoms with E-state index in [0.717, 1.165) is 4.47 Å². The van der Waals surface area contributed by atoms with Crippen LogP contribution in [0.5, 0.6) is 0 Å². The average molecular weight is 362 g/mol. The van der Waals surface area contributed by atoms with E-state index in [1.54, 1.807) is 6.08 Å². The molecule has 1 unspecified atom stereocenters. The third-order valence-corrected chi connectivity index (χ3v) is 4.75. The molecule has 3 atom stereocenters. The van der Waals surface area contributed by atoms with Crippen LogP contribution in [0.15, 0.2) is 53.0 Å². The van der Waals surface area contributed by atoms with E-state index in [9.17, 15) is 4.79 Å². The quantitative estimate of drug-likeness (QED) is 0.570. The maximum absolute atomic E-state index is 11.7. The maximum atomic E-state index is 11.7. The fourth-order valence-electron chi connectivity index (χ4n) is 2.31. The molecule has 22 heavy (non-hydrogen) atoms. The fourth-order valence-corrected chi connectivity index (χ4v) is 2.57. The summed E-state index contributed by atoms with van der Waals surface area (Å²) in [4.78, 5) is 11.7. The molecule has 1 aromatic carbocycles. The molecule has 1 amide bonds. The van der Waals surface area contributed by atoms with Gasteiger partial charge in [-0.3, -0.25) is 4.79 Å². The predicted molar refractivity (Wildman–Crippen MR) is 95.7 cm³/mol. The van der Waals surface area contributed by atoms with Gasteiger partial charge in [-0.25, -0.2) is 0 Å². The molecule has 0 radical (unpaired) electrons. The van der Waals surface area contributed by atoms with Crippen molar-refractivity contribution in [2.24, 2.45) is 11.8 Å². The van der Waals surface area contributed by atoms with E-state index in [1.165, 1.54) is 12.0 Å². The van der Waals surface area contributed by atoms with Crippen LogP contribution in [0.1, 0.15) is 38.7 Å². The van der Waals surface area contributed by atoms with E-state index >= 15 is 0 Å². The largest absolute Gasteiger partial charge is 0.350 e. The number of amides is 1. The van der Waals surface area contributed by atoms with Crippen LogP contribution in [0.3, 0.4) is 0 Å². The second-order valence-corrected chi connectivity index (χ2v) is 7.26. The Kier molecular flexibility index (Phi) is 6.01. The molecule has 2 rings (SSSR count). The number of carbonyl (C=O) groups excluding carboxylic acids is 1. The molecule has 0 heterocycles. The Labute approximate surface area is 141 Å². The van der Waals surface area contributed by atoms with Crippen LogP contribution in [0.2, 0.25) is 0 Å². The zero-order valence-corrected chi connectivity index (χ0v) is 15.0. The summed E-state index contributed by atoms with van der Waals surface area (Å²) in [5.74, 6) is 1.66. The Hall–Kier alpha value is -1.35. The highest BCUT2D eigenvalue weighted by atomic mass is 79.9. The molecule has 0 saturated heterocycles. The Morgan fingerprint density at radius 2 is 1.91 bits per heavy atom. The molecule has 2 nitrogen and oxygen atoms in total. The molecule has 0 bridgehead atoms. The first-order chi connectivity index (χ1) is 10.5. The molecule has 0 spiro atoms. The topological polar surface area (TPSA) is 29.1 Å². The molecule has 0 aromatic heterocycles. The molecule has 1 aromatic rings. The van der Waals surface area contributed by atoms with Gasteiger partial charge in [0, 0.05) is 16.6 Å². The molecule has 3 heteroatoms. The fraction of sp³-hybridized carbons (Fsp3) is 0.421. The number of benzene rings is 1.